The summed E-state index contributed by atoms with van der Waals surface area (Å²) in [5.41, 5.74) is 9.91. The zero-order valence-corrected chi connectivity index (χ0v) is 25.0. The first-order chi connectivity index (χ1) is 21.3. The molecule has 5 N–H and O–H groups in total. The fourth-order valence-corrected chi connectivity index (χ4v) is 5.82. The number of fused-ring (bicyclic) bond motifs is 1. The van der Waals surface area contributed by atoms with Gasteiger partial charge in [-0.3, -0.25) is 14.4 Å². The second-order valence-electron chi connectivity index (χ2n) is 11.2. The van der Waals surface area contributed by atoms with Gasteiger partial charge >= 0.3 is 0 Å². The minimum atomic E-state index is -0.665. The van der Waals surface area contributed by atoms with Crippen LogP contribution in [0.15, 0.2) is 48.9 Å². The molecule has 14 heteroatoms. The van der Waals surface area contributed by atoms with E-state index in [1.54, 1.807) is 23.1 Å². The van der Waals surface area contributed by atoms with Crippen LogP contribution in [0.25, 0.3) is 22.2 Å². The van der Waals surface area contributed by atoms with Crippen molar-refractivity contribution >= 4 is 46.1 Å². The monoisotopic (exact) mass is 613 g/mol. The molecular weight excluding hydrogens is 582 g/mol. The number of ether oxygens (including phenoxy) is 1. The van der Waals surface area contributed by atoms with Gasteiger partial charge in [-0.05, 0) is 26.2 Å². The first-order valence-corrected chi connectivity index (χ1v) is 14.9. The number of rotatable bonds is 10. The van der Waals surface area contributed by atoms with Gasteiger partial charge in [0.2, 0.25) is 23.7 Å². The highest BCUT2D eigenvalue weighted by Gasteiger charge is 2.35. The minimum Gasteiger partial charge on any atom is -0.473 e. The molecule has 2 fully saturated rings. The number of carbonyl (C=O) groups excluding carboxylic acids is 1. The SMILES string of the molecule is Cc1cc(Nc2ncc(Cl)c(-c3c[nH]c4c(C(C(N)=O)N5CCC(Oc6ccnc(NC7CC7)n6)C5)cccc34)n2)nn1C. The smallest absolute Gasteiger partial charge is 0.239 e. The summed E-state index contributed by atoms with van der Waals surface area (Å²) in [7, 11) is 1.87. The number of nitrogens with one attached hydrogen (secondary N) is 3. The average molecular weight is 614 g/mol. The Morgan fingerprint density at radius 2 is 2.05 bits per heavy atom. The summed E-state index contributed by atoms with van der Waals surface area (Å²) in [6.07, 6.45) is 7.94. The van der Waals surface area contributed by atoms with Gasteiger partial charge in [0.05, 0.1) is 22.4 Å². The average Bonchev–Trinajstić information content (AvgIpc) is 3.36. The van der Waals surface area contributed by atoms with E-state index >= 15 is 0 Å². The summed E-state index contributed by atoms with van der Waals surface area (Å²) in [6, 6.07) is 9.24. The van der Waals surface area contributed by atoms with Gasteiger partial charge in [-0.2, -0.15) is 10.1 Å². The van der Waals surface area contributed by atoms with Crippen LogP contribution in [0.3, 0.4) is 0 Å². The van der Waals surface area contributed by atoms with Crippen molar-refractivity contribution in [3.8, 4) is 17.1 Å². The zero-order valence-electron chi connectivity index (χ0n) is 24.3. The van der Waals surface area contributed by atoms with E-state index < -0.39 is 11.9 Å². The number of nitrogens with two attached hydrogens (primary N) is 1. The third-order valence-corrected chi connectivity index (χ3v) is 8.31. The van der Waals surface area contributed by atoms with Crippen LogP contribution in [0.1, 0.15) is 36.6 Å². The van der Waals surface area contributed by atoms with E-state index in [9.17, 15) is 4.79 Å². The van der Waals surface area contributed by atoms with Gasteiger partial charge in [-0.15, -0.1) is 0 Å². The predicted octanol–water partition coefficient (Wildman–Crippen LogP) is 4.11. The highest BCUT2D eigenvalue weighted by molar-refractivity contribution is 6.33. The van der Waals surface area contributed by atoms with E-state index in [1.165, 1.54) is 0 Å². The molecule has 2 atom stereocenters. The van der Waals surface area contributed by atoms with Crippen LogP contribution in [0.2, 0.25) is 5.02 Å². The molecule has 0 radical (unpaired) electrons. The summed E-state index contributed by atoms with van der Waals surface area (Å²) in [6.45, 7) is 3.12. The van der Waals surface area contributed by atoms with Crippen LogP contribution in [-0.4, -0.2) is 70.7 Å². The van der Waals surface area contributed by atoms with E-state index in [2.05, 4.69) is 40.6 Å². The fourth-order valence-electron chi connectivity index (χ4n) is 5.63. The van der Waals surface area contributed by atoms with Gasteiger partial charge in [0.15, 0.2) is 5.82 Å². The molecule has 226 valence electrons. The minimum absolute atomic E-state index is 0.146. The number of aromatic amines is 1. The maximum absolute atomic E-state index is 13.0. The van der Waals surface area contributed by atoms with Crippen molar-refractivity contribution in [2.24, 2.45) is 12.8 Å². The summed E-state index contributed by atoms with van der Waals surface area (Å²) >= 11 is 6.60. The van der Waals surface area contributed by atoms with E-state index in [-0.39, 0.29) is 6.10 Å². The summed E-state index contributed by atoms with van der Waals surface area (Å²) in [4.78, 5) is 36.2. The molecule has 5 aromatic rings. The highest BCUT2D eigenvalue weighted by atomic mass is 35.5. The Hall–Kier alpha value is -4.75. The zero-order chi connectivity index (χ0) is 30.4. The van der Waals surface area contributed by atoms with Crippen molar-refractivity contribution in [3.63, 3.8) is 0 Å². The van der Waals surface area contributed by atoms with Crippen LogP contribution < -0.4 is 21.1 Å². The topological polar surface area (TPSA) is 165 Å². The molecule has 1 saturated carbocycles. The number of H-pyrrole nitrogens is 1. The standard InChI is InChI=1S/C30H32ClN11O2/c1-16-12-23(40-41(16)2)37-30-35-14-22(31)26(39-30)21-13-34-25-19(21)4-3-5-20(25)27(28(32)43)42-11-9-18(15-42)44-24-8-10-33-29(38-24)36-17-6-7-17/h3-5,8,10,12-14,17-18,27,34H,6-7,9,11,15H2,1-2H3,(H2,32,43)(H,33,36,38)(H,35,37,39,40). The predicted molar refractivity (Wildman–Crippen MR) is 167 cm³/mol. The first-order valence-electron chi connectivity index (χ1n) is 14.5. The van der Waals surface area contributed by atoms with E-state index in [1.807, 2.05) is 44.4 Å². The molecular formula is C30H32ClN11O2. The third kappa shape index (κ3) is 5.63. The summed E-state index contributed by atoms with van der Waals surface area (Å²) in [5.74, 6) is 1.64. The number of amides is 1. The van der Waals surface area contributed by atoms with Crippen molar-refractivity contribution in [2.45, 2.75) is 44.4 Å². The van der Waals surface area contributed by atoms with Gasteiger partial charge in [0, 0.05) is 72.9 Å². The molecule has 7 rings (SSSR count). The Morgan fingerprint density at radius 3 is 2.82 bits per heavy atom. The fraction of sp³-hybridized carbons (Fsp3) is 0.333. The maximum Gasteiger partial charge on any atom is 0.239 e. The quantitative estimate of drug-likeness (QED) is 0.180. The molecule has 1 amide bonds. The molecule has 5 heterocycles. The Labute approximate surface area is 258 Å². The number of anilines is 3. The van der Waals surface area contributed by atoms with Crippen molar-refractivity contribution < 1.29 is 9.53 Å². The number of benzene rings is 1. The lowest BCUT2D eigenvalue weighted by Gasteiger charge is -2.26. The maximum atomic E-state index is 13.0. The van der Waals surface area contributed by atoms with Gasteiger partial charge in [-0.1, -0.05) is 29.8 Å². The highest BCUT2D eigenvalue weighted by Crippen LogP contribution is 2.37. The number of halogens is 1. The number of hydrogen-bond acceptors (Lipinski definition) is 10. The molecule has 44 heavy (non-hydrogen) atoms. The molecule has 2 aliphatic rings. The Bertz CT molecular complexity index is 1830. The molecule has 0 spiro atoms. The molecule has 1 aromatic carbocycles. The van der Waals surface area contributed by atoms with E-state index in [4.69, 9.17) is 27.1 Å². The number of aryl methyl sites for hydroxylation is 2. The van der Waals surface area contributed by atoms with Crippen molar-refractivity contribution in [3.05, 3.63) is 65.2 Å². The summed E-state index contributed by atoms with van der Waals surface area (Å²) < 4.78 is 7.97. The molecule has 2 unspecified atom stereocenters. The van der Waals surface area contributed by atoms with Crippen molar-refractivity contribution in [1.82, 2.24) is 39.6 Å². The van der Waals surface area contributed by atoms with Gasteiger partial charge < -0.3 is 26.1 Å². The summed E-state index contributed by atoms with van der Waals surface area (Å²) in [5, 5.41) is 12.1. The number of para-hydroxylation sites is 1. The molecule has 4 aromatic heterocycles. The van der Waals surface area contributed by atoms with Gasteiger partial charge in [-0.25, -0.2) is 15.0 Å². The molecule has 1 aliphatic carbocycles. The van der Waals surface area contributed by atoms with Gasteiger partial charge in [0.25, 0.3) is 0 Å². The first kappa shape index (κ1) is 28.0. The lowest BCUT2D eigenvalue weighted by atomic mass is 10.00. The van der Waals surface area contributed by atoms with E-state index in [0.717, 1.165) is 47.0 Å². The number of aromatic nitrogens is 7. The van der Waals surface area contributed by atoms with Crippen LogP contribution in [-0.2, 0) is 11.8 Å². The lowest BCUT2D eigenvalue weighted by molar-refractivity contribution is -0.123. The Balaban J connectivity index is 1.13. The molecule has 1 aliphatic heterocycles. The molecule has 13 nitrogen and oxygen atoms in total. The second-order valence-corrected chi connectivity index (χ2v) is 11.7. The number of nitrogens with zero attached hydrogens (tertiary/aromatic N) is 7. The van der Waals surface area contributed by atoms with Crippen LogP contribution in [0.4, 0.5) is 17.7 Å². The van der Waals surface area contributed by atoms with Crippen molar-refractivity contribution in [2.75, 3.05) is 23.7 Å². The van der Waals surface area contributed by atoms with Crippen LogP contribution in [0, 0.1) is 6.92 Å². The van der Waals surface area contributed by atoms with Crippen molar-refractivity contribution in [1.29, 1.82) is 0 Å². The number of primary amides is 1. The lowest BCUT2D eigenvalue weighted by Crippen LogP contribution is -2.37. The number of carbonyl (C=O) groups is 1. The largest absolute Gasteiger partial charge is 0.473 e. The van der Waals surface area contributed by atoms with Crippen LogP contribution in [0.5, 0.6) is 5.88 Å². The third-order valence-electron chi connectivity index (χ3n) is 8.03. The second kappa shape index (κ2) is 11.4. The molecule has 0 bridgehead atoms. The Kier molecular flexibility index (Phi) is 7.26. The normalized spacial score (nSPS) is 17.6. The Morgan fingerprint density at radius 1 is 1.18 bits per heavy atom. The molecule has 1 saturated heterocycles. The van der Waals surface area contributed by atoms with Crippen LogP contribution >= 0.6 is 11.6 Å². The van der Waals surface area contributed by atoms with Gasteiger partial charge in [0.1, 0.15) is 12.1 Å². The number of likely N-dealkylation sites (tertiary alicyclic amines) is 1. The van der Waals surface area contributed by atoms with E-state index in [0.29, 0.717) is 53.4 Å². The number of hydrogen-bond donors (Lipinski definition) is 4.